The van der Waals surface area contributed by atoms with E-state index in [1.807, 2.05) is 141 Å². The molecule has 9 aromatic rings. The lowest BCUT2D eigenvalue weighted by atomic mass is 10.0. The highest BCUT2D eigenvalue weighted by Crippen LogP contribution is 2.42. The SMILES string of the molecule is CC.CC.CC(C)c1ccc(C(=O)Nc2c(-c3cc(F)ccc3F)ccnc2N2CCC(F)C2)cn1.CC(C)c1ncc(C(=O)Nc2c(-c3ccccc3)ccnc2N2CCC(F)(F)C2)cn1.CC(C)n1cc(C(=O)Nc2c(-c3ccccc3)ccnc2N2CCC(F)C2)cn1. The third kappa shape index (κ3) is 18.0. The van der Waals surface area contributed by atoms with Crippen molar-refractivity contribution in [3.8, 4) is 33.4 Å². The molecule has 3 aromatic carbocycles. The van der Waals surface area contributed by atoms with Gasteiger partial charge in [-0.3, -0.25) is 24.0 Å². The second kappa shape index (κ2) is 33.4. The summed E-state index contributed by atoms with van der Waals surface area (Å²) in [5, 5.41) is 12.9. The minimum Gasteiger partial charge on any atom is -0.352 e. The molecule has 0 bridgehead atoms. The zero-order valence-corrected chi connectivity index (χ0v) is 55.7. The third-order valence-corrected chi connectivity index (χ3v) is 15.7. The predicted octanol–water partition coefficient (Wildman–Crippen LogP) is 16.5. The van der Waals surface area contributed by atoms with E-state index in [1.54, 1.807) is 52.6 Å². The van der Waals surface area contributed by atoms with Gasteiger partial charge in [0.25, 0.3) is 23.6 Å². The van der Waals surface area contributed by atoms with Gasteiger partial charge in [0, 0.05) is 109 Å². The molecule has 96 heavy (non-hydrogen) atoms. The summed E-state index contributed by atoms with van der Waals surface area (Å²) in [6.07, 6.45) is 11.0. The number of hydrogen-bond acceptors (Lipinski definition) is 13. The van der Waals surface area contributed by atoms with Gasteiger partial charge in [0.05, 0.1) is 59.6 Å². The number of pyridine rings is 4. The Balaban J connectivity index is 0.000000180. The Labute approximate surface area is 556 Å². The van der Waals surface area contributed by atoms with Gasteiger partial charge in [-0.25, -0.2) is 51.3 Å². The maximum atomic E-state index is 14.6. The van der Waals surface area contributed by atoms with Gasteiger partial charge in [0.15, 0.2) is 17.5 Å². The van der Waals surface area contributed by atoms with E-state index >= 15 is 0 Å². The number of anilines is 6. The van der Waals surface area contributed by atoms with Gasteiger partial charge in [0.1, 0.15) is 29.8 Å². The molecule has 2 unspecified atom stereocenters. The Bertz CT molecular complexity index is 4030. The lowest BCUT2D eigenvalue weighted by Crippen LogP contribution is -2.27. The summed E-state index contributed by atoms with van der Waals surface area (Å²) >= 11 is 0. The van der Waals surface area contributed by atoms with E-state index in [4.69, 9.17) is 0 Å². The summed E-state index contributed by atoms with van der Waals surface area (Å²) in [6.45, 7) is 21.0. The summed E-state index contributed by atoms with van der Waals surface area (Å²) in [4.78, 5) is 70.0. The van der Waals surface area contributed by atoms with Gasteiger partial charge < -0.3 is 30.7 Å². The van der Waals surface area contributed by atoms with E-state index < -0.39 is 48.3 Å². The van der Waals surface area contributed by atoms with Crippen LogP contribution in [0.3, 0.4) is 0 Å². The molecule has 9 heterocycles. The Kier molecular flexibility index (Phi) is 24.9. The van der Waals surface area contributed by atoms with Crippen LogP contribution >= 0.6 is 0 Å². The number of carbonyl (C=O) groups excluding carboxylic acids is 3. The summed E-state index contributed by atoms with van der Waals surface area (Å²) in [5.74, 6) is -2.99. The number of hydrogen-bond donors (Lipinski definition) is 3. The van der Waals surface area contributed by atoms with Gasteiger partial charge in [-0.2, -0.15) is 5.10 Å². The highest BCUT2D eigenvalue weighted by atomic mass is 19.3. The molecule has 3 aliphatic heterocycles. The first-order valence-electron chi connectivity index (χ1n) is 32.4. The predicted molar refractivity (Wildman–Crippen MR) is 368 cm³/mol. The minimum absolute atomic E-state index is 0.0202. The van der Waals surface area contributed by atoms with Gasteiger partial charge >= 0.3 is 0 Å². The maximum Gasteiger partial charge on any atom is 0.266 e. The normalized spacial score (nSPS) is 15.3. The molecule has 23 heteroatoms. The summed E-state index contributed by atoms with van der Waals surface area (Å²) < 4.78 is 85.8. The third-order valence-electron chi connectivity index (χ3n) is 15.7. The van der Waals surface area contributed by atoms with E-state index in [1.165, 1.54) is 35.8 Å². The molecule has 17 nitrogen and oxygen atoms in total. The van der Waals surface area contributed by atoms with Crippen molar-refractivity contribution < 1.29 is 40.7 Å². The van der Waals surface area contributed by atoms with Crippen molar-refractivity contribution >= 4 is 52.2 Å². The average Bonchev–Trinajstić information content (AvgIpc) is 1.25. The zero-order chi connectivity index (χ0) is 69.2. The molecule has 504 valence electrons. The van der Waals surface area contributed by atoms with E-state index in [2.05, 4.69) is 51.0 Å². The number of carbonyl (C=O) groups is 3. The largest absolute Gasteiger partial charge is 0.352 e. The van der Waals surface area contributed by atoms with E-state index in [-0.39, 0.29) is 72.2 Å². The number of amides is 3. The van der Waals surface area contributed by atoms with Crippen LogP contribution in [0.2, 0.25) is 0 Å². The van der Waals surface area contributed by atoms with Gasteiger partial charge in [-0.15, -0.1) is 0 Å². The zero-order valence-electron chi connectivity index (χ0n) is 55.7. The molecule has 3 aliphatic rings. The topological polar surface area (TPSA) is 192 Å². The molecule has 12 rings (SSSR count). The van der Waals surface area contributed by atoms with E-state index in [0.29, 0.717) is 77.3 Å². The van der Waals surface area contributed by atoms with Crippen molar-refractivity contribution in [2.24, 2.45) is 0 Å². The van der Waals surface area contributed by atoms with Crippen molar-refractivity contribution in [3.05, 3.63) is 199 Å². The number of nitrogens with zero attached hydrogens (tertiary/aromatic N) is 11. The average molecular weight is 1320 g/mol. The van der Waals surface area contributed by atoms with Crippen molar-refractivity contribution in [2.45, 2.75) is 125 Å². The Morgan fingerprint density at radius 1 is 0.510 bits per heavy atom. The Morgan fingerprint density at radius 3 is 1.43 bits per heavy atom. The molecule has 0 spiro atoms. The summed E-state index contributed by atoms with van der Waals surface area (Å²) in [5.41, 5.74) is 6.68. The Hall–Kier alpha value is -10.1. The van der Waals surface area contributed by atoms with Gasteiger partial charge in [-0.05, 0) is 92.3 Å². The van der Waals surface area contributed by atoms with Crippen molar-refractivity contribution in [1.29, 1.82) is 0 Å². The van der Waals surface area contributed by atoms with Crippen molar-refractivity contribution in [2.75, 3.05) is 69.9 Å². The number of rotatable bonds is 15. The molecular formula is C73H82F6N14O3. The summed E-state index contributed by atoms with van der Waals surface area (Å²) in [7, 11) is 0. The quantitative estimate of drug-likeness (QED) is 0.0822. The molecular weight excluding hydrogens is 1230 g/mol. The second-order valence-electron chi connectivity index (χ2n) is 23.5. The molecule has 0 saturated carbocycles. The van der Waals surface area contributed by atoms with Crippen molar-refractivity contribution in [3.63, 3.8) is 0 Å². The number of benzene rings is 3. The van der Waals surface area contributed by atoms with E-state index in [0.717, 1.165) is 40.6 Å². The number of aromatic nitrogens is 8. The van der Waals surface area contributed by atoms with E-state index in [9.17, 15) is 40.7 Å². The summed E-state index contributed by atoms with van der Waals surface area (Å²) in [6, 6.07) is 31.1. The number of alkyl halides is 4. The van der Waals surface area contributed by atoms with Crippen LogP contribution in [0.1, 0.15) is 149 Å². The molecule has 2 atom stereocenters. The lowest BCUT2D eigenvalue weighted by molar-refractivity contribution is 0.0256. The highest BCUT2D eigenvalue weighted by molar-refractivity contribution is 6.10. The fourth-order valence-corrected chi connectivity index (χ4v) is 10.8. The van der Waals surface area contributed by atoms with Gasteiger partial charge in [-0.1, -0.05) is 116 Å². The monoisotopic (exact) mass is 1320 g/mol. The highest BCUT2D eigenvalue weighted by Gasteiger charge is 2.40. The first-order chi connectivity index (χ1) is 46.2. The smallest absolute Gasteiger partial charge is 0.266 e. The fraction of sp³-hybridized carbons (Fsp3) is 0.342. The molecule has 3 saturated heterocycles. The molecule has 3 fully saturated rings. The van der Waals surface area contributed by atoms with Crippen LogP contribution in [-0.4, -0.2) is 115 Å². The molecule has 3 amide bonds. The van der Waals surface area contributed by atoms with Crippen LogP contribution in [-0.2, 0) is 0 Å². The van der Waals surface area contributed by atoms with Crippen LogP contribution in [0.25, 0.3) is 33.4 Å². The van der Waals surface area contributed by atoms with Crippen molar-refractivity contribution in [1.82, 2.24) is 39.7 Å². The standard InChI is InChI=1S/C24H23F3N4O.C23H23F2N5O.C22H24FN5O.2C2H6/c1-14(2)21-6-3-15(12-29-21)24(32)30-22-18(19-11-16(25)4-5-20(19)27)7-9-28-23(22)31-10-8-17(26)13-31;1-15(2)20-27-12-17(13-28-20)22(31)29-19-18(16-6-4-3-5-7-16)8-10-26-21(19)30-11-9-23(24,25)14-30;1-15(2)28-13-17(12-25-28)22(29)26-20-19(16-6-4-3-5-7-16)8-10-24-21(20)27-11-9-18(23)14-27;2*1-2/h3-7,9,11-12,14,17H,8,10,13H2,1-2H3,(H,30,32);3-8,10,12-13,15H,9,11,14H2,1-2H3,(H,29,31);3-8,10,12-13,15,18H,9,11,14H2,1-2H3,(H,26,29);2*1-2H3. The first-order valence-corrected chi connectivity index (χ1v) is 32.4. The van der Waals surface area contributed by atoms with Crippen LogP contribution in [0, 0.1) is 11.6 Å². The second-order valence-corrected chi connectivity index (χ2v) is 23.5. The number of halogens is 6. The maximum absolute atomic E-state index is 14.6. The van der Waals surface area contributed by atoms with Crippen LogP contribution in [0.4, 0.5) is 60.9 Å². The Morgan fingerprint density at radius 2 is 0.990 bits per heavy atom. The van der Waals surface area contributed by atoms with Crippen LogP contribution < -0.4 is 30.7 Å². The molecule has 6 aromatic heterocycles. The van der Waals surface area contributed by atoms with Crippen LogP contribution in [0.15, 0.2) is 159 Å². The minimum atomic E-state index is -2.79. The number of nitrogens with one attached hydrogen (secondary N) is 3. The lowest BCUT2D eigenvalue weighted by Gasteiger charge is -2.23. The fourth-order valence-electron chi connectivity index (χ4n) is 10.8. The van der Waals surface area contributed by atoms with Gasteiger partial charge in [0.2, 0.25) is 0 Å². The molecule has 0 radical (unpaired) electrons. The first kappa shape index (κ1) is 71.8. The van der Waals surface area contributed by atoms with Crippen LogP contribution in [0.5, 0.6) is 0 Å². The molecule has 0 aliphatic carbocycles. The molecule has 3 N–H and O–H groups in total.